The van der Waals surface area contributed by atoms with Crippen molar-refractivity contribution >= 4 is 5.97 Å². The van der Waals surface area contributed by atoms with Gasteiger partial charge in [-0.2, -0.15) is 0 Å². The number of benzene rings is 1. The Bertz CT molecular complexity index is 538. The lowest BCUT2D eigenvalue weighted by Crippen LogP contribution is -1.94. The predicted octanol–water partition coefficient (Wildman–Crippen LogP) is 3.26. The van der Waals surface area contributed by atoms with Gasteiger partial charge in [0.2, 0.25) is 0 Å². The van der Waals surface area contributed by atoms with Crippen LogP contribution in [0.25, 0.3) is 11.3 Å². The first kappa shape index (κ1) is 10.5. The molecule has 0 unspecified atom stereocenters. The second kappa shape index (κ2) is 3.85. The third-order valence-electron chi connectivity index (χ3n) is 2.45. The predicted molar refractivity (Wildman–Crippen MR) is 60.6 cm³/mol. The van der Waals surface area contributed by atoms with E-state index in [2.05, 4.69) is 0 Å². The van der Waals surface area contributed by atoms with E-state index in [9.17, 15) is 4.79 Å². The molecule has 1 aromatic heterocycles. The van der Waals surface area contributed by atoms with Crippen molar-refractivity contribution in [3.63, 3.8) is 0 Å². The van der Waals surface area contributed by atoms with Crippen LogP contribution in [0.15, 0.2) is 34.7 Å². The Labute approximate surface area is 93.3 Å². The molecule has 1 N–H and O–H groups in total. The molecule has 0 spiro atoms. The summed E-state index contributed by atoms with van der Waals surface area (Å²) in [6.45, 7) is 3.64. The van der Waals surface area contributed by atoms with Crippen molar-refractivity contribution in [2.24, 2.45) is 0 Å². The molecule has 0 aliphatic carbocycles. The van der Waals surface area contributed by atoms with Crippen LogP contribution in [-0.4, -0.2) is 11.1 Å². The van der Waals surface area contributed by atoms with Crippen LogP contribution in [0.3, 0.4) is 0 Å². The van der Waals surface area contributed by atoms with Gasteiger partial charge in [0.05, 0.1) is 0 Å². The van der Waals surface area contributed by atoms with Gasteiger partial charge in [-0.15, -0.1) is 0 Å². The van der Waals surface area contributed by atoms with Crippen LogP contribution in [0.4, 0.5) is 0 Å². The SMILES string of the molecule is Cc1cccc(-c2cc(C(=O)O)c(C)o2)c1. The van der Waals surface area contributed by atoms with Crippen LogP contribution in [0.1, 0.15) is 21.7 Å². The zero-order chi connectivity index (χ0) is 11.7. The third-order valence-corrected chi connectivity index (χ3v) is 2.45. The molecule has 0 saturated carbocycles. The van der Waals surface area contributed by atoms with Crippen molar-refractivity contribution in [3.05, 3.63) is 47.2 Å². The molecule has 0 aliphatic rings. The van der Waals surface area contributed by atoms with Crippen molar-refractivity contribution in [1.82, 2.24) is 0 Å². The first-order valence-corrected chi connectivity index (χ1v) is 4.98. The highest BCUT2D eigenvalue weighted by atomic mass is 16.4. The van der Waals surface area contributed by atoms with E-state index in [1.54, 1.807) is 13.0 Å². The molecule has 0 saturated heterocycles. The van der Waals surface area contributed by atoms with Gasteiger partial charge in [-0.05, 0) is 26.0 Å². The van der Waals surface area contributed by atoms with E-state index in [0.29, 0.717) is 11.5 Å². The molecule has 1 aromatic carbocycles. The molecule has 3 heteroatoms. The van der Waals surface area contributed by atoms with Crippen LogP contribution < -0.4 is 0 Å². The van der Waals surface area contributed by atoms with Crippen molar-refractivity contribution in [2.75, 3.05) is 0 Å². The number of aryl methyl sites for hydroxylation is 2. The molecule has 0 atom stereocenters. The Morgan fingerprint density at radius 1 is 1.25 bits per heavy atom. The lowest BCUT2D eigenvalue weighted by atomic mass is 10.1. The maximum Gasteiger partial charge on any atom is 0.339 e. The highest BCUT2D eigenvalue weighted by Gasteiger charge is 2.14. The smallest absolute Gasteiger partial charge is 0.339 e. The van der Waals surface area contributed by atoms with E-state index in [4.69, 9.17) is 9.52 Å². The van der Waals surface area contributed by atoms with Crippen LogP contribution >= 0.6 is 0 Å². The minimum absolute atomic E-state index is 0.219. The van der Waals surface area contributed by atoms with Gasteiger partial charge in [0, 0.05) is 5.56 Å². The van der Waals surface area contributed by atoms with E-state index >= 15 is 0 Å². The normalized spacial score (nSPS) is 10.4. The molecule has 1 heterocycles. The Hall–Kier alpha value is -2.03. The Morgan fingerprint density at radius 2 is 2.00 bits per heavy atom. The number of furan rings is 1. The monoisotopic (exact) mass is 216 g/mol. The second-order valence-electron chi connectivity index (χ2n) is 3.76. The molecule has 0 fully saturated rings. The maximum atomic E-state index is 10.9. The summed E-state index contributed by atoms with van der Waals surface area (Å²) in [5, 5.41) is 8.92. The largest absolute Gasteiger partial charge is 0.478 e. The van der Waals surface area contributed by atoms with Crippen LogP contribution in [-0.2, 0) is 0 Å². The molecule has 0 radical (unpaired) electrons. The lowest BCUT2D eigenvalue weighted by Gasteiger charge is -1.97. The molecular formula is C13H12O3. The van der Waals surface area contributed by atoms with Crippen molar-refractivity contribution in [2.45, 2.75) is 13.8 Å². The van der Waals surface area contributed by atoms with Crippen molar-refractivity contribution < 1.29 is 14.3 Å². The average molecular weight is 216 g/mol. The van der Waals surface area contributed by atoms with Gasteiger partial charge in [0.15, 0.2) is 0 Å². The minimum atomic E-state index is -0.958. The summed E-state index contributed by atoms with van der Waals surface area (Å²) < 4.78 is 5.44. The van der Waals surface area contributed by atoms with Crippen molar-refractivity contribution in [1.29, 1.82) is 0 Å². The second-order valence-corrected chi connectivity index (χ2v) is 3.76. The summed E-state index contributed by atoms with van der Waals surface area (Å²) in [4.78, 5) is 10.9. The van der Waals surface area contributed by atoms with E-state index in [-0.39, 0.29) is 5.56 Å². The van der Waals surface area contributed by atoms with Gasteiger partial charge in [0.25, 0.3) is 0 Å². The summed E-state index contributed by atoms with van der Waals surface area (Å²) in [6.07, 6.45) is 0. The quantitative estimate of drug-likeness (QED) is 0.838. The number of carbonyl (C=O) groups is 1. The molecule has 16 heavy (non-hydrogen) atoms. The van der Waals surface area contributed by atoms with Crippen LogP contribution in [0, 0.1) is 13.8 Å². The molecular weight excluding hydrogens is 204 g/mol. The Kier molecular flexibility index (Phi) is 2.52. The van der Waals surface area contributed by atoms with E-state index in [1.807, 2.05) is 31.2 Å². The molecule has 2 rings (SSSR count). The number of carboxylic acid groups (broad SMARTS) is 1. The fraction of sp³-hybridized carbons (Fsp3) is 0.154. The third kappa shape index (κ3) is 1.84. The van der Waals surface area contributed by atoms with Gasteiger partial charge in [0.1, 0.15) is 17.1 Å². The van der Waals surface area contributed by atoms with Gasteiger partial charge >= 0.3 is 5.97 Å². The van der Waals surface area contributed by atoms with Crippen molar-refractivity contribution in [3.8, 4) is 11.3 Å². The average Bonchev–Trinajstić information content (AvgIpc) is 2.60. The summed E-state index contributed by atoms with van der Waals surface area (Å²) in [6, 6.07) is 9.33. The van der Waals surface area contributed by atoms with E-state index in [1.165, 1.54) is 0 Å². The lowest BCUT2D eigenvalue weighted by molar-refractivity contribution is 0.0695. The zero-order valence-corrected chi connectivity index (χ0v) is 9.15. The van der Waals surface area contributed by atoms with Crippen LogP contribution in [0.5, 0.6) is 0 Å². The fourth-order valence-corrected chi connectivity index (χ4v) is 1.64. The van der Waals surface area contributed by atoms with E-state index < -0.39 is 5.97 Å². The van der Waals surface area contributed by atoms with Gasteiger partial charge in [-0.25, -0.2) is 4.79 Å². The first-order valence-electron chi connectivity index (χ1n) is 4.98. The Balaban J connectivity index is 2.49. The summed E-state index contributed by atoms with van der Waals surface area (Å²) in [7, 11) is 0. The summed E-state index contributed by atoms with van der Waals surface area (Å²) in [5.74, 6) is 0.0720. The number of hydrogen-bond donors (Lipinski definition) is 1. The number of carboxylic acids is 1. The molecule has 0 bridgehead atoms. The topological polar surface area (TPSA) is 50.4 Å². The minimum Gasteiger partial charge on any atom is -0.478 e. The molecule has 0 amide bonds. The molecule has 0 aliphatic heterocycles. The van der Waals surface area contributed by atoms with Crippen LogP contribution in [0.2, 0.25) is 0 Å². The highest BCUT2D eigenvalue weighted by Crippen LogP contribution is 2.25. The highest BCUT2D eigenvalue weighted by molar-refractivity contribution is 5.90. The molecule has 82 valence electrons. The zero-order valence-electron chi connectivity index (χ0n) is 9.15. The number of rotatable bonds is 2. The van der Waals surface area contributed by atoms with Gasteiger partial charge in [-0.3, -0.25) is 0 Å². The Morgan fingerprint density at radius 3 is 2.56 bits per heavy atom. The first-order chi connectivity index (χ1) is 7.58. The number of aromatic carboxylic acids is 1. The summed E-state index contributed by atoms with van der Waals surface area (Å²) in [5.41, 5.74) is 2.23. The van der Waals surface area contributed by atoms with E-state index in [0.717, 1.165) is 11.1 Å². The summed E-state index contributed by atoms with van der Waals surface area (Å²) >= 11 is 0. The number of hydrogen-bond acceptors (Lipinski definition) is 2. The van der Waals surface area contributed by atoms with Gasteiger partial charge < -0.3 is 9.52 Å². The molecule has 2 aromatic rings. The maximum absolute atomic E-state index is 10.9. The van der Waals surface area contributed by atoms with Gasteiger partial charge in [-0.1, -0.05) is 23.8 Å². The standard InChI is InChI=1S/C13H12O3/c1-8-4-3-5-10(6-8)12-7-11(13(14)15)9(2)16-12/h3-7H,1-2H3,(H,14,15). The fourth-order valence-electron chi connectivity index (χ4n) is 1.64. The molecule has 3 nitrogen and oxygen atoms in total.